The molecule has 4 heterocycles. The van der Waals surface area contributed by atoms with Crippen molar-refractivity contribution in [3.05, 3.63) is 66.0 Å². The van der Waals surface area contributed by atoms with Gasteiger partial charge in [0.05, 0.1) is 34.9 Å². The van der Waals surface area contributed by atoms with Gasteiger partial charge in [-0.3, -0.25) is 0 Å². The predicted molar refractivity (Wildman–Crippen MR) is 98.4 cm³/mol. The Morgan fingerprint density at radius 2 is 1.96 bits per heavy atom. The van der Waals surface area contributed by atoms with Gasteiger partial charge in [-0.05, 0) is 50.1 Å². The summed E-state index contributed by atoms with van der Waals surface area (Å²) in [5, 5.41) is 22.4. The molecule has 4 aromatic heterocycles. The van der Waals surface area contributed by atoms with E-state index in [2.05, 4.69) is 20.3 Å². The lowest BCUT2D eigenvalue weighted by Gasteiger charge is -2.09. The van der Waals surface area contributed by atoms with Gasteiger partial charge in [0, 0.05) is 17.2 Å². The van der Waals surface area contributed by atoms with Gasteiger partial charge >= 0.3 is 0 Å². The van der Waals surface area contributed by atoms with E-state index in [-0.39, 0.29) is 5.56 Å². The van der Waals surface area contributed by atoms with Gasteiger partial charge in [0.15, 0.2) is 0 Å². The van der Waals surface area contributed by atoms with Crippen LogP contribution >= 0.6 is 0 Å². The fourth-order valence-corrected chi connectivity index (χ4v) is 3.10. The van der Waals surface area contributed by atoms with E-state index in [0.29, 0.717) is 35.7 Å². The van der Waals surface area contributed by atoms with E-state index in [0.717, 1.165) is 11.2 Å². The summed E-state index contributed by atoms with van der Waals surface area (Å²) in [7, 11) is 0. The molecule has 28 heavy (non-hydrogen) atoms. The number of hydrogen-bond donors (Lipinski definition) is 1. The highest BCUT2D eigenvalue weighted by atomic mass is 19.1. The Labute approximate surface area is 159 Å². The Kier molecular flexibility index (Phi) is 3.63. The second-order valence-electron chi connectivity index (χ2n) is 6.93. The molecule has 0 saturated heterocycles. The number of hydrogen-bond acceptors (Lipinski definition) is 6. The van der Waals surface area contributed by atoms with Crippen LogP contribution in [0.3, 0.4) is 0 Å². The molecule has 0 atom stereocenters. The summed E-state index contributed by atoms with van der Waals surface area (Å²) in [6, 6.07) is 10.5. The summed E-state index contributed by atoms with van der Waals surface area (Å²) in [5.74, 6) is 0.287. The van der Waals surface area contributed by atoms with Crippen molar-refractivity contribution in [2.24, 2.45) is 0 Å². The summed E-state index contributed by atoms with van der Waals surface area (Å²) in [6.45, 7) is 1.85. The molecule has 1 aliphatic rings. The van der Waals surface area contributed by atoms with Gasteiger partial charge in [0.25, 0.3) is 0 Å². The Bertz CT molecular complexity index is 1190. The van der Waals surface area contributed by atoms with Crippen LogP contribution in [0, 0.1) is 12.9 Å². The topological polar surface area (TPSA) is 85.4 Å². The lowest BCUT2D eigenvalue weighted by atomic mass is 10.1. The fourth-order valence-electron chi connectivity index (χ4n) is 3.10. The lowest BCUT2D eigenvalue weighted by molar-refractivity contribution is 0.145. The number of aliphatic hydroxyl groups is 1. The molecular formula is C20H16FN5O2. The minimum atomic E-state index is -1.05. The summed E-state index contributed by atoms with van der Waals surface area (Å²) in [4.78, 5) is 4.04. The van der Waals surface area contributed by atoms with Crippen molar-refractivity contribution in [2.75, 3.05) is 0 Å². The Morgan fingerprint density at radius 3 is 2.68 bits per heavy atom. The zero-order valence-electron chi connectivity index (χ0n) is 15.0. The van der Waals surface area contributed by atoms with Gasteiger partial charge in [0.1, 0.15) is 5.75 Å². The van der Waals surface area contributed by atoms with Gasteiger partial charge in [0.2, 0.25) is 11.8 Å². The number of aromatic nitrogens is 5. The third kappa shape index (κ3) is 2.87. The highest BCUT2D eigenvalue weighted by Crippen LogP contribution is 2.46. The number of halogens is 1. The maximum absolute atomic E-state index is 14.4. The van der Waals surface area contributed by atoms with Gasteiger partial charge < -0.3 is 9.84 Å². The van der Waals surface area contributed by atoms with E-state index in [9.17, 15) is 9.50 Å². The number of rotatable bonds is 4. The molecule has 0 unspecified atom stereocenters. The van der Waals surface area contributed by atoms with E-state index >= 15 is 0 Å². The second kappa shape index (κ2) is 6.07. The number of ether oxygens (including phenoxy) is 1. The van der Waals surface area contributed by atoms with Crippen LogP contribution in [-0.2, 0) is 5.60 Å². The van der Waals surface area contributed by atoms with Crippen molar-refractivity contribution in [1.82, 2.24) is 24.8 Å². The maximum Gasteiger partial charge on any atom is 0.238 e. The molecule has 1 fully saturated rings. The molecule has 7 nitrogen and oxygen atoms in total. The number of fused-ring (bicyclic) bond motifs is 1. The summed E-state index contributed by atoms with van der Waals surface area (Å²) < 4.78 is 21.7. The first-order chi connectivity index (χ1) is 13.5. The summed E-state index contributed by atoms with van der Waals surface area (Å²) in [6.07, 6.45) is 4.46. The molecule has 0 radical (unpaired) electrons. The van der Waals surface area contributed by atoms with Crippen LogP contribution in [0.5, 0.6) is 11.6 Å². The summed E-state index contributed by atoms with van der Waals surface area (Å²) >= 11 is 0. The number of pyridine rings is 2. The second-order valence-corrected chi connectivity index (χ2v) is 6.93. The average molecular weight is 377 g/mol. The van der Waals surface area contributed by atoms with Crippen molar-refractivity contribution in [2.45, 2.75) is 25.4 Å². The van der Waals surface area contributed by atoms with Gasteiger partial charge in [-0.2, -0.15) is 14.6 Å². The van der Waals surface area contributed by atoms with E-state index in [1.54, 1.807) is 41.2 Å². The molecule has 8 heteroatoms. The van der Waals surface area contributed by atoms with Crippen LogP contribution in [0.15, 0.2) is 48.8 Å². The zero-order valence-corrected chi connectivity index (χ0v) is 15.0. The van der Waals surface area contributed by atoms with E-state index in [4.69, 9.17) is 4.74 Å². The molecule has 1 N–H and O–H groups in total. The van der Waals surface area contributed by atoms with Gasteiger partial charge in [-0.25, -0.2) is 9.50 Å². The minimum Gasteiger partial charge on any atom is -0.436 e. The normalized spacial score (nSPS) is 15.0. The third-order valence-electron chi connectivity index (χ3n) is 4.83. The first-order valence-corrected chi connectivity index (χ1v) is 8.87. The standard InChI is InChI=1S/C20H16FN5O2/c1-12-2-7-18(25-24-12)28-13-3-6-17-14(10-22-26(17)11-13)16-5-4-15(19(21)23-16)20(27)8-9-20/h2-7,10-11,27H,8-9H2,1H3. The van der Waals surface area contributed by atoms with Crippen LogP contribution in [0.25, 0.3) is 16.8 Å². The number of nitrogens with zero attached hydrogens (tertiary/aromatic N) is 5. The molecule has 0 spiro atoms. The lowest BCUT2D eigenvalue weighted by Crippen LogP contribution is -2.09. The van der Waals surface area contributed by atoms with Gasteiger partial charge in [-0.1, -0.05) is 0 Å². The van der Waals surface area contributed by atoms with E-state index in [1.807, 2.05) is 19.1 Å². The van der Waals surface area contributed by atoms with Crippen LogP contribution < -0.4 is 4.74 Å². The van der Waals surface area contributed by atoms with Crippen molar-refractivity contribution >= 4 is 5.52 Å². The maximum atomic E-state index is 14.4. The molecule has 0 bridgehead atoms. The molecule has 0 amide bonds. The molecule has 4 aromatic rings. The Morgan fingerprint density at radius 1 is 1.11 bits per heavy atom. The smallest absolute Gasteiger partial charge is 0.238 e. The molecule has 140 valence electrons. The first kappa shape index (κ1) is 16.8. The Balaban J connectivity index is 1.46. The van der Waals surface area contributed by atoms with Gasteiger partial charge in [-0.15, -0.1) is 5.10 Å². The van der Waals surface area contributed by atoms with Crippen molar-refractivity contribution in [3.8, 4) is 22.9 Å². The number of aryl methyl sites for hydroxylation is 1. The quantitative estimate of drug-likeness (QED) is 0.549. The molecule has 0 aromatic carbocycles. The van der Waals surface area contributed by atoms with Crippen molar-refractivity contribution in [3.63, 3.8) is 0 Å². The predicted octanol–water partition coefficient (Wildman–Crippen LogP) is 3.41. The Hall–Kier alpha value is -3.39. The molecule has 0 aliphatic heterocycles. The highest BCUT2D eigenvalue weighted by Gasteiger charge is 2.44. The molecule has 1 aliphatic carbocycles. The SMILES string of the molecule is Cc1ccc(Oc2ccc3c(-c4ccc(C5(O)CC5)c(F)n4)cnn3c2)nn1. The van der Waals surface area contributed by atoms with Crippen LogP contribution in [0.1, 0.15) is 24.1 Å². The highest BCUT2D eigenvalue weighted by molar-refractivity contribution is 5.77. The average Bonchev–Trinajstić information content (AvgIpc) is 3.29. The molecule has 5 rings (SSSR count). The third-order valence-corrected chi connectivity index (χ3v) is 4.83. The first-order valence-electron chi connectivity index (χ1n) is 8.87. The minimum absolute atomic E-state index is 0.252. The molecule has 1 saturated carbocycles. The van der Waals surface area contributed by atoms with E-state index < -0.39 is 11.5 Å². The zero-order chi connectivity index (χ0) is 19.3. The van der Waals surface area contributed by atoms with Crippen molar-refractivity contribution < 1.29 is 14.2 Å². The molecular weight excluding hydrogens is 361 g/mol. The van der Waals surface area contributed by atoms with Crippen LogP contribution in [0.2, 0.25) is 0 Å². The van der Waals surface area contributed by atoms with Crippen molar-refractivity contribution in [1.29, 1.82) is 0 Å². The summed E-state index contributed by atoms with van der Waals surface area (Å²) in [5.41, 5.74) is 1.91. The monoisotopic (exact) mass is 377 g/mol. The fraction of sp³-hybridized carbons (Fsp3) is 0.200. The van der Waals surface area contributed by atoms with Crippen LogP contribution in [0.4, 0.5) is 4.39 Å². The van der Waals surface area contributed by atoms with Crippen LogP contribution in [-0.4, -0.2) is 29.9 Å². The largest absolute Gasteiger partial charge is 0.436 e. The van der Waals surface area contributed by atoms with E-state index in [1.165, 1.54) is 0 Å².